The highest BCUT2D eigenvalue weighted by molar-refractivity contribution is 8.19. The molecule has 1 N–H and O–H groups in total. The summed E-state index contributed by atoms with van der Waals surface area (Å²) in [7, 11) is -3.71. The third-order valence-corrected chi connectivity index (χ3v) is 7.31. The van der Waals surface area contributed by atoms with Gasteiger partial charge in [-0.3, -0.25) is 4.72 Å². The van der Waals surface area contributed by atoms with Gasteiger partial charge in [0.25, 0.3) is 10.0 Å². The molecule has 0 saturated heterocycles. The lowest BCUT2D eigenvalue weighted by Crippen LogP contribution is -2.14. The predicted molar refractivity (Wildman–Crippen MR) is 117 cm³/mol. The van der Waals surface area contributed by atoms with Gasteiger partial charge in [0.2, 0.25) is 0 Å². The molecule has 3 aromatic rings. The van der Waals surface area contributed by atoms with E-state index in [1.807, 2.05) is 43.3 Å². The summed E-state index contributed by atoms with van der Waals surface area (Å²) in [6, 6.07) is 18.5. The zero-order chi connectivity index (χ0) is 20.1. The maximum atomic E-state index is 12.9. The lowest BCUT2D eigenvalue weighted by molar-refractivity contribution is 0.609. The molecule has 5 nitrogen and oxygen atoms in total. The molecule has 0 spiro atoms. The van der Waals surface area contributed by atoms with Crippen LogP contribution >= 0.6 is 11.8 Å². The van der Waals surface area contributed by atoms with Crippen LogP contribution in [0.3, 0.4) is 0 Å². The highest BCUT2D eigenvalue weighted by Crippen LogP contribution is 2.32. The fraction of sp³-hybridized carbons (Fsp3) is 0.143. The average Bonchev–Trinajstić information content (AvgIpc) is 2.69. The first-order valence-corrected chi connectivity index (χ1v) is 11.4. The molecule has 0 aliphatic heterocycles. The van der Waals surface area contributed by atoms with Gasteiger partial charge in [-0.15, -0.1) is 11.8 Å². The van der Waals surface area contributed by atoms with E-state index in [2.05, 4.69) is 14.7 Å². The maximum absolute atomic E-state index is 12.9. The van der Waals surface area contributed by atoms with E-state index in [1.54, 1.807) is 43.6 Å². The maximum Gasteiger partial charge on any atom is 0.268 e. The summed E-state index contributed by atoms with van der Waals surface area (Å²) in [5, 5.41) is 0. The fourth-order valence-corrected chi connectivity index (χ4v) is 5.31. The van der Waals surface area contributed by atoms with Crippen molar-refractivity contribution in [3.63, 3.8) is 0 Å². The van der Waals surface area contributed by atoms with Gasteiger partial charge >= 0.3 is 0 Å². The predicted octanol–water partition coefficient (Wildman–Crippen LogP) is 4.95. The quantitative estimate of drug-likeness (QED) is 0.622. The van der Waals surface area contributed by atoms with Gasteiger partial charge < -0.3 is 0 Å². The van der Waals surface area contributed by atoms with Crippen LogP contribution in [0.5, 0.6) is 0 Å². The van der Waals surface area contributed by atoms with Crippen molar-refractivity contribution < 1.29 is 8.42 Å². The SMILES string of the molecule is CS/C(=C(\C)c1cnc(-c2ccccc2)nc1C)S(=O)(=O)Nc1ccccc1. The molecule has 0 unspecified atom stereocenters. The van der Waals surface area contributed by atoms with Crippen molar-refractivity contribution in [2.24, 2.45) is 0 Å². The second kappa shape index (κ2) is 8.58. The Morgan fingerprint density at radius 3 is 2.18 bits per heavy atom. The Morgan fingerprint density at radius 1 is 1.00 bits per heavy atom. The second-order valence-electron chi connectivity index (χ2n) is 6.15. The van der Waals surface area contributed by atoms with E-state index in [0.717, 1.165) is 11.3 Å². The third-order valence-electron chi connectivity index (χ3n) is 4.18. The number of benzene rings is 2. The zero-order valence-corrected chi connectivity index (χ0v) is 17.5. The van der Waals surface area contributed by atoms with Gasteiger partial charge in [-0.25, -0.2) is 18.4 Å². The summed E-state index contributed by atoms with van der Waals surface area (Å²) in [5.74, 6) is 0.616. The Hall–Kier alpha value is -2.64. The number of nitrogens with one attached hydrogen (secondary N) is 1. The molecule has 28 heavy (non-hydrogen) atoms. The Morgan fingerprint density at radius 2 is 1.61 bits per heavy atom. The molecule has 0 aliphatic carbocycles. The fourth-order valence-electron chi connectivity index (χ4n) is 2.84. The summed E-state index contributed by atoms with van der Waals surface area (Å²) in [5.41, 5.74) is 3.50. The minimum Gasteiger partial charge on any atom is -0.279 e. The monoisotopic (exact) mass is 411 g/mol. The number of aromatic nitrogens is 2. The first-order valence-electron chi connectivity index (χ1n) is 8.64. The molecular weight excluding hydrogens is 390 g/mol. The van der Waals surface area contributed by atoms with Crippen LogP contribution in [0.25, 0.3) is 17.0 Å². The van der Waals surface area contributed by atoms with E-state index < -0.39 is 10.0 Å². The lowest BCUT2D eigenvalue weighted by atomic mass is 10.1. The summed E-state index contributed by atoms with van der Waals surface area (Å²) < 4.78 is 28.7. The molecular formula is C21H21N3O2S2. The first kappa shape index (κ1) is 20.1. The van der Waals surface area contributed by atoms with Gasteiger partial charge in [0.05, 0.1) is 0 Å². The van der Waals surface area contributed by atoms with Crippen LogP contribution in [-0.2, 0) is 10.0 Å². The zero-order valence-electron chi connectivity index (χ0n) is 15.9. The molecule has 0 radical (unpaired) electrons. The molecule has 0 fully saturated rings. The number of hydrogen-bond donors (Lipinski definition) is 1. The number of nitrogens with zero attached hydrogens (tertiary/aromatic N) is 2. The molecule has 0 bridgehead atoms. The largest absolute Gasteiger partial charge is 0.279 e. The molecule has 7 heteroatoms. The number of aryl methyl sites for hydroxylation is 1. The van der Waals surface area contributed by atoms with Gasteiger partial charge in [-0.1, -0.05) is 48.5 Å². The number of anilines is 1. The Balaban J connectivity index is 1.99. The van der Waals surface area contributed by atoms with Crippen LogP contribution in [0, 0.1) is 6.92 Å². The van der Waals surface area contributed by atoms with Crippen molar-refractivity contribution >= 4 is 33.0 Å². The molecule has 1 heterocycles. The Bertz CT molecular complexity index is 1100. The van der Waals surface area contributed by atoms with Crippen molar-refractivity contribution in [2.75, 3.05) is 11.0 Å². The number of allylic oxidation sites excluding steroid dienone is 1. The average molecular weight is 412 g/mol. The standard InChI is InChI=1S/C21H21N3O2S2/c1-15(21(27-3)28(25,26)24-18-12-8-5-9-13-18)19-14-22-20(23-16(19)2)17-10-6-4-7-11-17/h4-14,24H,1-3H3/b21-15-. The smallest absolute Gasteiger partial charge is 0.268 e. The Kier molecular flexibility index (Phi) is 6.16. The molecule has 0 saturated carbocycles. The van der Waals surface area contributed by atoms with Gasteiger partial charge in [0, 0.05) is 28.7 Å². The number of hydrogen-bond acceptors (Lipinski definition) is 5. The van der Waals surface area contributed by atoms with Gasteiger partial charge in [0.1, 0.15) is 4.24 Å². The summed E-state index contributed by atoms with van der Waals surface area (Å²) in [6.07, 6.45) is 3.44. The van der Waals surface area contributed by atoms with Crippen LogP contribution in [-0.4, -0.2) is 24.6 Å². The molecule has 0 atom stereocenters. The minimum absolute atomic E-state index is 0.246. The normalized spacial score (nSPS) is 12.4. The van der Waals surface area contributed by atoms with E-state index in [0.29, 0.717) is 22.6 Å². The molecule has 0 aliphatic rings. The van der Waals surface area contributed by atoms with Gasteiger partial charge in [-0.2, -0.15) is 0 Å². The van der Waals surface area contributed by atoms with Crippen LogP contribution in [0.4, 0.5) is 5.69 Å². The second-order valence-corrected chi connectivity index (χ2v) is 8.84. The number of rotatable bonds is 6. The van der Waals surface area contributed by atoms with E-state index in [4.69, 9.17) is 0 Å². The van der Waals surface area contributed by atoms with E-state index in [-0.39, 0.29) is 4.24 Å². The summed E-state index contributed by atoms with van der Waals surface area (Å²) >= 11 is 1.18. The van der Waals surface area contributed by atoms with Gasteiger partial charge in [-0.05, 0) is 37.8 Å². The van der Waals surface area contributed by atoms with E-state index in [9.17, 15) is 8.42 Å². The molecule has 0 amide bonds. The highest BCUT2D eigenvalue weighted by atomic mass is 32.3. The topological polar surface area (TPSA) is 72.0 Å². The van der Waals surface area contributed by atoms with E-state index in [1.165, 1.54) is 11.8 Å². The third kappa shape index (κ3) is 4.43. The molecule has 144 valence electrons. The van der Waals surface area contributed by atoms with Crippen molar-refractivity contribution in [1.82, 2.24) is 9.97 Å². The number of para-hydroxylation sites is 1. The van der Waals surface area contributed by atoms with Crippen molar-refractivity contribution in [3.8, 4) is 11.4 Å². The summed E-state index contributed by atoms with van der Waals surface area (Å²) in [6.45, 7) is 3.64. The van der Waals surface area contributed by atoms with Crippen molar-refractivity contribution in [2.45, 2.75) is 13.8 Å². The highest BCUT2D eigenvalue weighted by Gasteiger charge is 2.22. The number of thioether (sulfide) groups is 1. The number of sulfonamides is 1. The Labute approximate surface area is 170 Å². The van der Waals surface area contributed by atoms with Crippen LogP contribution in [0.2, 0.25) is 0 Å². The van der Waals surface area contributed by atoms with Gasteiger partial charge in [0.15, 0.2) is 5.82 Å². The van der Waals surface area contributed by atoms with Crippen LogP contribution in [0.1, 0.15) is 18.2 Å². The molecule has 2 aromatic carbocycles. The first-order chi connectivity index (χ1) is 13.4. The van der Waals surface area contributed by atoms with Crippen molar-refractivity contribution in [3.05, 3.63) is 82.4 Å². The lowest BCUT2D eigenvalue weighted by Gasteiger charge is -2.14. The van der Waals surface area contributed by atoms with E-state index >= 15 is 0 Å². The van der Waals surface area contributed by atoms with Crippen LogP contribution in [0.15, 0.2) is 71.1 Å². The minimum atomic E-state index is -3.71. The van der Waals surface area contributed by atoms with Crippen LogP contribution < -0.4 is 4.72 Å². The summed E-state index contributed by atoms with van der Waals surface area (Å²) in [4.78, 5) is 9.02. The van der Waals surface area contributed by atoms with Crippen molar-refractivity contribution in [1.29, 1.82) is 0 Å². The molecule has 3 rings (SSSR count). The molecule has 1 aromatic heterocycles.